The number of aryl methyl sites for hydroxylation is 1. The molecule has 1 aromatic heterocycles. The van der Waals surface area contributed by atoms with Crippen molar-refractivity contribution in [3.8, 4) is 5.75 Å². The summed E-state index contributed by atoms with van der Waals surface area (Å²) in [4.78, 5) is 54.5. The molecule has 2 aliphatic rings. The Hall–Kier alpha value is -4.49. The van der Waals surface area contributed by atoms with Crippen LogP contribution in [0.3, 0.4) is 0 Å². The molecule has 0 saturated heterocycles. The van der Waals surface area contributed by atoms with Crippen LogP contribution in [0.15, 0.2) is 54.7 Å². The molecule has 0 unspecified atom stereocenters. The van der Waals surface area contributed by atoms with Crippen LogP contribution < -0.4 is 26.0 Å². The van der Waals surface area contributed by atoms with E-state index >= 15 is 0 Å². The molecule has 4 amide bonds. The maximum atomic E-state index is 13.9. The fourth-order valence-electron chi connectivity index (χ4n) is 5.72. The SMILES string of the molecule is C[C@@H](O)[C@@H]1NC(=O)C2(CCCC2)NC(=O)c2ccc(Cl)cc2OCCCn2cc(nn2)CNC(=O)[C@@H](Cc2ccccc2)NC1=O. The number of nitrogens with one attached hydrogen (secondary N) is 4. The van der Waals surface area contributed by atoms with E-state index in [0.29, 0.717) is 49.4 Å². The number of rotatable bonds is 3. The molecule has 0 radical (unpaired) electrons. The van der Waals surface area contributed by atoms with Crippen LogP contribution in [-0.4, -0.2) is 74.1 Å². The number of ether oxygens (including phenoxy) is 1. The van der Waals surface area contributed by atoms with Gasteiger partial charge in [0.2, 0.25) is 17.7 Å². The van der Waals surface area contributed by atoms with Gasteiger partial charge in [0.1, 0.15) is 29.1 Å². The molecule has 46 heavy (non-hydrogen) atoms. The number of halogens is 1. The van der Waals surface area contributed by atoms with Crippen molar-refractivity contribution in [3.05, 3.63) is 76.6 Å². The molecule has 1 saturated carbocycles. The fraction of sp³-hybridized carbons (Fsp3) is 0.438. The second kappa shape index (κ2) is 14.7. The number of fused-ring (bicyclic) bond motifs is 3. The summed E-state index contributed by atoms with van der Waals surface area (Å²) in [5.41, 5.74) is 0.185. The van der Waals surface area contributed by atoms with E-state index in [1.165, 1.54) is 13.0 Å². The summed E-state index contributed by atoms with van der Waals surface area (Å²) in [7, 11) is 0. The predicted molar refractivity (Wildman–Crippen MR) is 168 cm³/mol. The highest BCUT2D eigenvalue weighted by Crippen LogP contribution is 2.32. The Kier molecular flexibility index (Phi) is 10.5. The summed E-state index contributed by atoms with van der Waals surface area (Å²) in [6, 6.07) is 11.4. The molecular formula is C32H38ClN7O6. The maximum absolute atomic E-state index is 13.9. The average molecular weight is 652 g/mol. The monoisotopic (exact) mass is 651 g/mol. The highest BCUT2D eigenvalue weighted by Gasteiger charge is 2.45. The van der Waals surface area contributed by atoms with Crippen molar-refractivity contribution in [2.75, 3.05) is 6.61 Å². The second-order valence-corrected chi connectivity index (χ2v) is 12.2. The van der Waals surface area contributed by atoms with E-state index in [2.05, 4.69) is 31.6 Å². The standard InChI is InChI=1S/C32H38ClN7O6/c1-20(41)27-30(44)35-25(16-21-8-3-2-4-9-21)29(43)34-18-23-19-40(39-38-23)14-7-15-46-26-17-22(33)10-11-24(26)28(42)37-32(31(45)36-27)12-5-6-13-32/h2-4,8-11,17,19-20,25,27,41H,5-7,12-16,18H2,1H3,(H,34,43)(H,35,44)(H,36,45)(H,37,42)/t20-,25-,27+/m1/s1. The zero-order valence-corrected chi connectivity index (χ0v) is 26.3. The van der Waals surface area contributed by atoms with Crippen molar-refractivity contribution in [2.24, 2.45) is 0 Å². The minimum atomic E-state index is -1.41. The Labute approximate surface area is 271 Å². The molecule has 1 aliphatic carbocycles. The lowest BCUT2D eigenvalue weighted by Gasteiger charge is -2.32. The topological polar surface area (TPSA) is 177 Å². The Morgan fingerprint density at radius 1 is 1.04 bits per heavy atom. The van der Waals surface area contributed by atoms with Crippen molar-refractivity contribution in [1.29, 1.82) is 0 Å². The van der Waals surface area contributed by atoms with Crippen LogP contribution in [-0.2, 0) is 33.9 Å². The van der Waals surface area contributed by atoms with E-state index in [0.717, 1.165) is 5.56 Å². The van der Waals surface area contributed by atoms with Gasteiger partial charge in [-0.2, -0.15) is 0 Å². The highest BCUT2D eigenvalue weighted by atomic mass is 35.5. The number of aliphatic hydroxyl groups is 1. The third-order valence-corrected chi connectivity index (χ3v) is 8.45. The Bertz CT molecular complexity index is 1560. The van der Waals surface area contributed by atoms with Gasteiger partial charge in [-0.05, 0) is 43.5 Å². The minimum Gasteiger partial charge on any atom is -0.493 e. The van der Waals surface area contributed by atoms with Gasteiger partial charge in [-0.15, -0.1) is 5.10 Å². The molecule has 2 aromatic carbocycles. The molecule has 13 nitrogen and oxygen atoms in total. The van der Waals surface area contributed by atoms with Crippen LogP contribution in [0.25, 0.3) is 0 Å². The Balaban J connectivity index is 1.45. The zero-order valence-electron chi connectivity index (χ0n) is 25.5. The van der Waals surface area contributed by atoms with Crippen LogP contribution in [0, 0.1) is 0 Å². The average Bonchev–Trinajstić information content (AvgIpc) is 3.70. The van der Waals surface area contributed by atoms with E-state index in [9.17, 15) is 24.3 Å². The lowest BCUT2D eigenvalue weighted by atomic mass is 9.94. The molecule has 244 valence electrons. The van der Waals surface area contributed by atoms with Gasteiger partial charge in [-0.25, -0.2) is 0 Å². The van der Waals surface area contributed by atoms with E-state index in [4.69, 9.17) is 16.3 Å². The van der Waals surface area contributed by atoms with Crippen LogP contribution >= 0.6 is 11.6 Å². The summed E-state index contributed by atoms with van der Waals surface area (Å²) < 4.78 is 7.57. The van der Waals surface area contributed by atoms with Crippen LogP contribution in [0.2, 0.25) is 5.02 Å². The smallest absolute Gasteiger partial charge is 0.255 e. The van der Waals surface area contributed by atoms with E-state index in [1.54, 1.807) is 23.0 Å². The largest absolute Gasteiger partial charge is 0.493 e. The molecule has 2 bridgehead atoms. The zero-order chi connectivity index (χ0) is 32.7. The first-order valence-corrected chi connectivity index (χ1v) is 15.8. The number of hydrogen-bond acceptors (Lipinski definition) is 8. The van der Waals surface area contributed by atoms with Crippen LogP contribution in [0.1, 0.15) is 60.6 Å². The summed E-state index contributed by atoms with van der Waals surface area (Å²) in [6.07, 6.45) is 3.09. The number of benzene rings is 2. The number of aromatic nitrogens is 3. The summed E-state index contributed by atoms with van der Waals surface area (Å²) >= 11 is 6.22. The fourth-order valence-corrected chi connectivity index (χ4v) is 5.88. The van der Waals surface area contributed by atoms with Gasteiger partial charge in [-0.1, -0.05) is 60.0 Å². The van der Waals surface area contributed by atoms with Gasteiger partial charge in [0, 0.05) is 24.4 Å². The number of aliphatic hydroxyl groups excluding tert-OH is 1. The number of nitrogens with zero attached hydrogens (tertiary/aromatic N) is 3. The van der Waals surface area contributed by atoms with Gasteiger partial charge in [0.25, 0.3) is 5.91 Å². The lowest BCUT2D eigenvalue weighted by molar-refractivity contribution is -0.136. The second-order valence-electron chi connectivity index (χ2n) is 11.7. The molecule has 5 rings (SSSR count). The quantitative estimate of drug-likeness (QED) is 0.284. The van der Waals surface area contributed by atoms with Crippen molar-refractivity contribution >= 4 is 35.2 Å². The number of amides is 4. The van der Waals surface area contributed by atoms with Gasteiger partial charge in [-0.3, -0.25) is 23.9 Å². The van der Waals surface area contributed by atoms with Crippen molar-refractivity contribution in [2.45, 2.75) is 82.3 Å². The third kappa shape index (κ3) is 8.01. The van der Waals surface area contributed by atoms with Crippen molar-refractivity contribution in [1.82, 2.24) is 36.3 Å². The first kappa shape index (κ1) is 32.9. The van der Waals surface area contributed by atoms with Crippen molar-refractivity contribution < 1.29 is 29.0 Å². The van der Waals surface area contributed by atoms with Gasteiger partial charge >= 0.3 is 0 Å². The molecule has 1 spiro atoms. The van der Waals surface area contributed by atoms with Gasteiger partial charge in [0.15, 0.2) is 0 Å². The van der Waals surface area contributed by atoms with Gasteiger partial charge in [0.05, 0.1) is 31.0 Å². The van der Waals surface area contributed by atoms with E-state index in [1.807, 2.05) is 30.3 Å². The third-order valence-electron chi connectivity index (χ3n) is 8.22. The molecule has 2 heterocycles. The molecule has 5 N–H and O–H groups in total. The normalized spacial score (nSPS) is 21.9. The van der Waals surface area contributed by atoms with Crippen molar-refractivity contribution in [3.63, 3.8) is 0 Å². The first-order valence-electron chi connectivity index (χ1n) is 15.4. The lowest BCUT2D eigenvalue weighted by Crippen LogP contribution is -2.63. The number of carbonyl (C=O) groups is 4. The molecule has 3 atom stereocenters. The van der Waals surface area contributed by atoms with Crippen LogP contribution in [0.5, 0.6) is 5.75 Å². The summed E-state index contributed by atoms with van der Waals surface area (Å²) in [6.45, 7) is 2.14. The molecular weight excluding hydrogens is 614 g/mol. The number of carbonyl (C=O) groups excluding carboxylic acids is 4. The molecule has 1 fully saturated rings. The van der Waals surface area contributed by atoms with E-state index in [-0.39, 0.29) is 30.9 Å². The van der Waals surface area contributed by atoms with Crippen LogP contribution in [0.4, 0.5) is 0 Å². The first-order chi connectivity index (χ1) is 22.1. The molecule has 1 aliphatic heterocycles. The minimum absolute atomic E-state index is 0.0647. The Morgan fingerprint density at radius 2 is 1.80 bits per heavy atom. The Morgan fingerprint density at radius 3 is 2.54 bits per heavy atom. The van der Waals surface area contributed by atoms with E-state index < -0.39 is 47.4 Å². The maximum Gasteiger partial charge on any atom is 0.255 e. The summed E-state index contributed by atoms with van der Waals surface area (Å²) in [5.74, 6) is -2.10. The molecule has 3 aromatic rings. The number of hydrogen-bond donors (Lipinski definition) is 5. The molecule has 14 heteroatoms. The highest BCUT2D eigenvalue weighted by molar-refractivity contribution is 6.30. The van der Waals surface area contributed by atoms with Gasteiger partial charge < -0.3 is 31.1 Å². The predicted octanol–water partition coefficient (Wildman–Crippen LogP) is 1.67. The summed E-state index contributed by atoms with van der Waals surface area (Å²) in [5, 5.41) is 30.3.